The number of anilines is 1. The molecule has 2 aliphatic rings. The van der Waals surface area contributed by atoms with Gasteiger partial charge in [0.15, 0.2) is 11.6 Å². The maximum absolute atomic E-state index is 14.2. The second-order valence-corrected chi connectivity index (χ2v) is 7.06. The van der Waals surface area contributed by atoms with Crippen molar-refractivity contribution >= 4 is 11.8 Å². The molecule has 7 nitrogen and oxygen atoms in total. The van der Waals surface area contributed by atoms with Crippen LogP contribution in [0.25, 0.3) is 0 Å². The summed E-state index contributed by atoms with van der Waals surface area (Å²) in [6, 6.07) is 8.00. The van der Waals surface area contributed by atoms with Crippen LogP contribution in [0.15, 0.2) is 55.0 Å². The van der Waals surface area contributed by atoms with Gasteiger partial charge in [0, 0.05) is 35.8 Å². The number of carbonyl (C=O) groups is 1. The van der Waals surface area contributed by atoms with Crippen LogP contribution in [-0.2, 0) is 0 Å². The standard InChI is InChI=1S/C21H16F2N4O3/c22-14-2-3-15(23)20-18(14)17-13(10-29-20)19(17)27-21(28)26-16-4-1-12(9-25-16)30-11-5-7-24-8-6-11/h1-9,13,17,19H,10H2,(H2,25,26,27,28). The van der Waals surface area contributed by atoms with E-state index < -0.39 is 17.7 Å². The SMILES string of the molecule is O=C(Nc1ccc(Oc2ccncc2)cn1)NC1C2COc3c(F)ccc(F)c3C21. The van der Waals surface area contributed by atoms with Crippen molar-refractivity contribution in [1.82, 2.24) is 15.3 Å². The number of carbonyl (C=O) groups excluding carboxylic acids is 1. The van der Waals surface area contributed by atoms with Gasteiger partial charge in [-0.3, -0.25) is 10.3 Å². The lowest BCUT2D eigenvalue weighted by Crippen LogP contribution is -2.32. The summed E-state index contributed by atoms with van der Waals surface area (Å²) in [5.74, 6) is -0.141. The van der Waals surface area contributed by atoms with Crippen LogP contribution in [0.5, 0.6) is 17.2 Å². The van der Waals surface area contributed by atoms with E-state index in [1.807, 2.05) is 0 Å². The number of rotatable bonds is 4. The first-order valence-corrected chi connectivity index (χ1v) is 9.32. The van der Waals surface area contributed by atoms with E-state index in [2.05, 4.69) is 20.6 Å². The van der Waals surface area contributed by atoms with Gasteiger partial charge in [0.05, 0.1) is 12.8 Å². The predicted octanol–water partition coefficient (Wildman–Crippen LogP) is 3.84. The Bertz CT molecular complexity index is 1100. The number of hydrogen-bond donors (Lipinski definition) is 2. The molecule has 1 aliphatic heterocycles. The molecule has 30 heavy (non-hydrogen) atoms. The van der Waals surface area contributed by atoms with E-state index in [1.165, 1.54) is 6.20 Å². The van der Waals surface area contributed by atoms with Crippen molar-refractivity contribution in [2.75, 3.05) is 11.9 Å². The molecule has 3 atom stereocenters. The average molecular weight is 410 g/mol. The number of pyridine rings is 2. The van der Waals surface area contributed by atoms with Crippen molar-refractivity contribution in [3.8, 4) is 17.2 Å². The van der Waals surface area contributed by atoms with Gasteiger partial charge < -0.3 is 14.8 Å². The normalized spacial score (nSPS) is 20.9. The summed E-state index contributed by atoms with van der Waals surface area (Å²) in [6.07, 6.45) is 4.71. The number of benzene rings is 1. The summed E-state index contributed by atoms with van der Waals surface area (Å²) >= 11 is 0. The number of fused-ring (bicyclic) bond motifs is 3. The number of hydrogen-bond acceptors (Lipinski definition) is 5. The first kappa shape index (κ1) is 18.3. The van der Waals surface area contributed by atoms with Crippen LogP contribution >= 0.6 is 0 Å². The largest absolute Gasteiger partial charge is 0.490 e. The maximum Gasteiger partial charge on any atom is 0.320 e. The minimum absolute atomic E-state index is 0.0626. The van der Waals surface area contributed by atoms with Crippen LogP contribution in [0.3, 0.4) is 0 Å². The zero-order chi connectivity index (χ0) is 20.7. The minimum Gasteiger partial charge on any atom is -0.490 e. The molecule has 152 valence electrons. The highest BCUT2D eigenvalue weighted by molar-refractivity contribution is 5.89. The lowest BCUT2D eigenvalue weighted by Gasteiger charge is -2.16. The molecule has 2 N–H and O–H groups in total. The lowest BCUT2D eigenvalue weighted by atomic mass is 10.0. The quantitative estimate of drug-likeness (QED) is 0.683. The molecule has 2 aromatic heterocycles. The van der Waals surface area contributed by atoms with Crippen LogP contribution in [0.2, 0.25) is 0 Å². The van der Waals surface area contributed by atoms with Gasteiger partial charge in [0.25, 0.3) is 0 Å². The molecular weight excluding hydrogens is 394 g/mol. The van der Waals surface area contributed by atoms with E-state index in [0.717, 1.165) is 12.1 Å². The highest BCUT2D eigenvalue weighted by Crippen LogP contribution is 2.55. The molecule has 3 unspecified atom stereocenters. The van der Waals surface area contributed by atoms with Gasteiger partial charge in [-0.1, -0.05) is 0 Å². The Balaban J connectivity index is 1.21. The van der Waals surface area contributed by atoms with Gasteiger partial charge >= 0.3 is 6.03 Å². The van der Waals surface area contributed by atoms with Crippen molar-refractivity contribution in [2.45, 2.75) is 12.0 Å². The van der Waals surface area contributed by atoms with Gasteiger partial charge in [-0.2, -0.15) is 0 Å². The molecule has 1 fully saturated rings. The van der Waals surface area contributed by atoms with E-state index in [9.17, 15) is 13.6 Å². The molecule has 1 saturated carbocycles. The molecule has 0 bridgehead atoms. The summed E-state index contributed by atoms with van der Waals surface area (Å²) in [5.41, 5.74) is 0.187. The fourth-order valence-corrected chi connectivity index (χ4v) is 3.72. The van der Waals surface area contributed by atoms with Crippen molar-refractivity contribution in [2.24, 2.45) is 5.92 Å². The smallest absolute Gasteiger partial charge is 0.320 e. The molecule has 1 aromatic carbocycles. The van der Waals surface area contributed by atoms with E-state index in [4.69, 9.17) is 9.47 Å². The highest BCUT2D eigenvalue weighted by atomic mass is 19.1. The molecule has 0 radical (unpaired) electrons. The number of ether oxygens (including phenoxy) is 2. The van der Waals surface area contributed by atoms with E-state index >= 15 is 0 Å². The van der Waals surface area contributed by atoms with Crippen LogP contribution in [-0.4, -0.2) is 28.6 Å². The maximum atomic E-state index is 14.2. The zero-order valence-electron chi connectivity index (χ0n) is 15.5. The van der Waals surface area contributed by atoms with E-state index in [1.54, 1.807) is 36.7 Å². The first-order chi connectivity index (χ1) is 14.6. The Morgan fingerprint density at radius 3 is 2.63 bits per heavy atom. The molecule has 1 aliphatic carbocycles. The monoisotopic (exact) mass is 410 g/mol. The van der Waals surface area contributed by atoms with Crippen LogP contribution < -0.4 is 20.1 Å². The fraction of sp³-hybridized carbons (Fsp3) is 0.190. The lowest BCUT2D eigenvalue weighted by molar-refractivity contribution is 0.247. The Morgan fingerprint density at radius 2 is 1.87 bits per heavy atom. The molecular formula is C21H16F2N4O3. The number of nitrogens with one attached hydrogen (secondary N) is 2. The number of urea groups is 1. The third-order valence-electron chi connectivity index (χ3n) is 5.18. The predicted molar refractivity (Wildman–Crippen MR) is 103 cm³/mol. The van der Waals surface area contributed by atoms with Crippen molar-refractivity contribution in [1.29, 1.82) is 0 Å². The number of amides is 2. The summed E-state index contributed by atoms with van der Waals surface area (Å²) in [7, 11) is 0. The molecule has 3 aromatic rings. The first-order valence-electron chi connectivity index (χ1n) is 9.32. The molecule has 3 heterocycles. The topological polar surface area (TPSA) is 85.4 Å². The molecule has 0 spiro atoms. The average Bonchev–Trinajstić information content (AvgIpc) is 3.45. The van der Waals surface area contributed by atoms with Crippen LogP contribution in [0.4, 0.5) is 19.4 Å². The van der Waals surface area contributed by atoms with Crippen molar-refractivity contribution < 1.29 is 23.0 Å². The Labute approximate surface area is 170 Å². The minimum atomic E-state index is -0.599. The van der Waals surface area contributed by atoms with Gasteiger partial charge in [-0.25, -0.2) is 18.6 Å². The summed E-state index contributed by atoms with van der Waals surface area (Å²) in [4.78, 5) is 20.4. The van der Waals surface area contributed by atoms with Crippen LogP contribution in [0.1, 0.15) is 11.5 Å². The molecule has 5 rings (SSSR count). The number of nitrogens with zero attached hydrogens (tertiary/aromatic N) is 2. The fourth-order valence-electron chi connectivity index (χ4n) is 3.72. The van der Waals surface area contributed by atoms with Crippen molar-refractivity contribution in [3.63, 3.8) is 0 Å². The summed E-state index contributed by atoms with van der Waals surface area (Å²) in [6.45, 7) is 0.224. The Hall–Kier alpha value is -3.75. The van der Waals surface area contributed by atoms with E-state index in [0.29, 0.717) is 17.3 Å². The van der Waals surface area contributed by atoms with Crippen molar-refractivity contribution in [3.05, 3.63) is 72.2 Å². The van der Waals surface area contributed by atoms with Crippen LogP contribution in [0, 0.1) is 17.6 Å². The van der Waals surface area contributed by atoms with Gasteiger partial charge in [-0.15, -0.1) is 0 Å². The zero-order valence-corrected chi connectivity index (χ0v) is 15.5. The third-order valence-corrected chi connectivity index (χ3v) is 5.18. The summed E-state index contributed by atoms with van der Waals surface area (Å²) in [5, 5.41) is 5.42. The number of halogens is 2. The second-order valence-electron chi connectivity index (χ2n) is 7.06. The Morgan fingerprint density at radius 1 is 1.07 bits per heavy atom. The number of aromatic nitrogens is 2. The highest BCUT2D eigenvalue weighted by Gasteiger charge is 2.57. The Kier molecular flexibility index (Phi) is 4.42. The van der Waals surface area contributed by atoms with Gasteiger partial charge in [0.1, 0.15) is 23.1 Å². The third kappa shape index (κ3) is 3.38. The summed E-state index contributed by atoms with van der Waals surface area (Å²) < 4.78 is 39.0. The second kappa shape index (κ2) is 7.25. The van der Waals surface area contributed by atoms with Gasteiger partial charge in [-0.05, 0) is 36.4 Å². The molecule has 0 saturated heterocycles. The molecule has 9 heteroatoms. The van der Waals surface area contributed by atoms with Gasteiger partial charge in [0.2, 0.25) is 0 Å². The van der Waals surface area contributed by atoms with E-state index in [-0.39, 0.29) is 35.8 Å². The molecule has 2 amide bonds.